The summed E-state index contributed by atoms with van der Waals surface area (Å²) in [6, 6.07) is 4.67. The Bertz CT molecular complexity index is 599. The number of amides is 2. The molecule has 0 saturated carbocycles. The number of carbonyl (C=O) groups excluding carboxylic acids is 2. The largest absolute Gasteiger partial charge is 0.481 e. The van der Waals surface area contributed by atoms with Gasteiger partial charge in [-0.15, -0.1) is 0 Å². The monoisotopic (exact) mass is 308 g/mol. The van der Waals surface area contributed by atoms with Gasteiger partial charge in [-0.3, -0.25) is 14.4 Å². The second-order valence-electron chi connectivity index (χ2n) is 4.56. The molecule has 0 aliphatic rings. The van der Waals surface area contributed by atoms with Crippen LogP contribution in [0.25, 0.3) is 0 Å². The zero-order valence-electron chi connectivity index (χ0n) is 11.8. The third-order valence-corrected chi connectivity index (χ3v) is 2.70. The van der Waals surface area contributed by atoms with E-state index < -0.39 is 23.9 Å². The summed E-state index contributed by atoms with van der Waals surface area (Å²) in [5, 5.41) is 22.3. The van der Waals surface area contributed by atoms with Crippen molar-refractivity contribution in [1.29, 1.82) is 0 Å². The number of anilines is 1. The molecule has 8 heteroatoms. The van der Waals surface area contributed by atoms with Crippen LogP contribution in [0.15, 0.2) is 24.3 Å². The van der Waals surface area contributed by atoms with Gasteiger partial charge in [-0.05, 0) is 24.6 Å². The normalized spacial score (nSPS) is 11.3. The van der Waals surface area contributed by atoms with E-state index >= 15 is 0 Å². The molecule has 0 spiro atoms. The molecule has 4 N–H and O–H groups in total. The first-order chi connectivity index (χ1) is 10.3. The smallest absolute Gasteiger partial charge is 0.326 e. The van der Waals surface area contributed by atoms with E-state index in [4.69, 9.17) is 10.2 Å². The van der Waals surface area contributed by atoms with Gasteiger partial charge in [0.05, 0.1) is 0 Å². The molecule has 1 aromatic carbocycles. The van der Waals surface area contributed by atoms with Crippen molar-refractivity contribution in [3.63, 3.8) is 0 Å². The van der Waals surface area contributed by atoms with Crippen molar-refractivity contribution in [3.05, 3.63) is 29.8 Å². The van der Waals surface area contributed by atoms with E-state index in [1.807, 2.05) is 0 Å². The standard InChI is InChI=1S/C14H16N2O6/c1-8(17)15-10-4-2-3-9(7-10)13(20)16-11(14(21)22)5-6-12(18)19/h2-4,7,11H,5-6H2,1H3,(H,15,17)(H,16,20)(H,18,19)(H,21,22). The highest BCUT2D eigenvalue weighted by atomic mass is 16.4. The van der Waals surface area contributed by atoms with Crippen LogP contribution in [0, 0.1) is 0 Å². The van der Waals surface area contributed by atoms with Crippen molar-refractivity contribution < 1.29 is 29.4 Å². The number of aliphatic carboxylic acids is 2. The molecule has 0 radical (unpaired) electrons. The minimum atomic E-state index is -1.31. The average Bonchev–Trinajstić information content (AvgIpc) is 2.42. The molecule has 0 fully saturated rings. The highest BCUT2D eigenvalue weighted by molar-refractivity contribution is 5.98. The van der Waals surface area contributed by atoms with E-state index in [1.54, 1.807) is 6.07 Å². The fourth-order valence-corrected chi connectivity index (χ4v) is 1.71. The third kappa shape index (κ3) is 5.61. The van der Waals surface area contributed by atoms with Crippen LogP contribution in [-0.2, 0) is 14.4 Å². The van der Waals surface area contributed by atoms with Gasteiger partial charge >= 0.3 is 11.9 Å². The zero-order chi connectivity index (χ0) is 16.7. The maximum absolute atomic E-state index is 12.0. The average molecular weight is 308 g/mol. The molecule has 8 nitrogen and oxygen atoms in total. The molecule has 0 aliphatic carbocycles. The highest BCUT2D eigenvalue weighted by Crippen LogP contribution is 2.11. The zero-order valence-corrected chi connectivity index (χ0v) is 11.8. The number of rotatable bonds is 7. The maximum atomic E-state index is 12.0. The van der Waals surface area contributed by atoms with Crippen LogP contribution in [0.5, 0.6) is 0 Å². The minimum Gasteiger partial charge on any atom is -0.481 e. The first kappa shape index (κ1) is 17.2. The summed E-state index contributed by atoms with van der Waals surface area (Å²) < 4.78 is 0. The Hall–Kier alpha value is -2.90. The van der Waals surface area contributed by atoms with E-state index in [2.05, 4.69) is 10.6 Å². The number of carbonyl (C=O) groups is 4. The number of hydrogen-bond donors (Lipinski definition) is 4. The lowest BCUT2D eigenvalue weighted by Crippen LogP contribution is -2.41. The molecule has 0 aliphatic heterocycles. The molecule has 1 aromatic rings. The first-order valence-corrected chi connectivity index (χ1v) is 6.42. The summed E-state index contributed by atoms with van der Waals surface area (Å²) in [7, 11) is 0. The fraction of sp³-hybridized carbons (Fsp3) is 0.286. The molecule has 0 heterocycles. The van der Waals surface area contributed by atoms with Crippen LogP contribution in [0.3, 0.4) is 0 Å². The molecule has 1 rings (SSSR count). The van der Waals surface area contributed by atoms with E-state index in [-0.39, 0.29) is 24.3 Å². The van der Waals surface area contributed by atoms with Crippen LogP contribution in [0.1, 0.15) is 30.1 Å². The number of benzene rings is 1. The van der Waals surface area contributed by atoms with Crippen molar-refractivity contribution in [1.82, 2.24) is 5.32 Å². The van der Waals surface area contributed by atoms with Crippen molar-refractivity contribution in [2.75, 3.05) is 5.32 Å². The summed E-state index contributed by atoms with van der Waals surface area (Å²) in [6.07, 6.45) is -0.592. The number of hydrogen-bond acceptors (Lipinski definition) is 4. The second kappa shape index (κ2) is 7.77. The molecule has 1 atom stereocenters. The molecular weight excluding hydrogens is 292 g/mol. The highest BCUT2D eigenvalue weighted by Gasteiger charge is 2.21. The molecular formula is C14H16N2O6. The quantitative estimate of drug-likeness (QED) is 0.586. The summed E-state index contributed by atoms with van der Waals surface area (Å²) in [4.78, 5) is 44.5. The van der Waals surface area contributed by atoms with Crippen LogP contribution < -0.4 is 10.6 Å². The maximum Gasteiger partial charge on any atom is 0.326 e. The van der Waals surface area contributed by atoms with Crippen molar-refractivity contribution in [2.45, 2.75) is 25.8 Å². The molecule has 1 unspecified atom stereocenters. The van der Waals surface area contributed by atoms with Gasteiger partial charge in [0.1, 0.15) is 6.04 Å². The van der Waals surface area contributed by atoms with Gasteiger partial charge in [-0.1, -0.05) is 6.07 Å². The Morgan fingerprint density at radius 2 is 1.86 bits per heavy atom. The van der Waals surface area contributed by atoms with E-state index in [0.717, 1.165) is 0 Å². The number of carboxylic acid groups (broad SMARTS) is 2. The van der Waals surface area contributed by atoms with Gasteiger partial charge in [0.25, 0.3) is 5.91 Å². The fourth-order valence-electron chi connectivity index (χ4n) is 1.71. The molecule has 2 amide bonds. The van der Waals surface area contributed by atoms with Crippen molar-refractivity contribution in [2.24, 2.45) is 0 Å². The van der Waals surface area contributed by atoms with Crippen LogP contribution in [-0.4, -0.2) is 40.0 Å². The summed E-state index contributed by atoms with van der Waals surface area (Å²) in [5.41, 5.74) is 0.561. The van der Waals surface area contributed by atoms with Crippen LogP contribution >= 0.6 is 0 Å². The van der Waals surface area contributed by atoms with E-state index in [1.165, 1.54) is 25.1 Å². The lowest BCUT2D eigenvalue weighted by molar-refractivity contribution is -0.140. The summed E-state index contributed by atoms with van der Waals surface area (Å²) in [6.45, 7) is 1.32. The first-order valence-electron chi connectivity index (χ1n) is 6.42. The lowest BCUT2D eigenvalue weighted by atomic mass is 10.1. The molecule has 118 valence electrons. The SMILES string of the molecule is CC(=O)Nc1cccc(C(=O)NC(CCC(=O)O)C(=O)O)c1. The number of nitrogens with one attached hydrogen (secondary N) is 2. The molecule has 22 heavy (non-hydrogen) atoms. The Labute approximate surface area is 126 Å². The van der Waals surface area contributed by atoms with Gasteiger partial charge in [-0.25, -0.2) is 4.79 Å². The Morgan fingerprint density at radius 3 is 2.41 bits per heavy atom. The topological polar surface area (TPSA) is 133 Å². The minimum absolute atomic E-state index is 0.160. The van der Waals surface area contributed by atoms with E-state index in [0.29, 0.717) is 5.69 Å². The lowest BCUT2D eigenvalue weighted by Gasteiger charge is -2.14. The van der Waals surface area contributed by atoms with Crippen molar-refractivity contribution >= 4 is 29.4 Å². The van der Waals surface area contributed by atoms with E-state index in [9.17, 15) is 19.2 Å². The van der Waals surface area contributed by atoms with Crippen LogP contribution in [0.4, 0.5) is 5.69 Å². The Balaban J connectivity index is 2.79. The van der Waals surface area contributed by atoms with Gasteiger partial charge in [0.2, 0.25) is 5.91 Å². The van der Waals surface area contributed by atoms with Gasteiger partial charge in [0, 0.05) is 24.6 Å². The molecule has 0 aromatic heterocycles. The summed E-state index contributed by atoms with van der Waals surface area (Å²) >= 11 is 0. The van der Waals surface area contributed by atoms with Crippen molar-refractivity contribution in [3.8, 4) is 0 Å². The summed E-state index contributed by atoms with van der Waals surface area (Å²) in [5.74, 6) is -3.42. The Morgan fingerprint density at radius 1 is 1.18 bits per heavy atom. The molecule has 0 bridgehead atoms. The number of carboxylic acids is 2. The molecule has 0 saturated heterocycles. The van der Waals surface area contributed by atoms with Gasteiger partial charge < -0.3 is 20.8 Å². The predicted molar refractivity (Wildman–Crippen MR) is 76.5 cm³/mol. The Kier molecular flexibility index (Phi) is 6.06. The van der Waals surface area contributed by atoms with Gasteiger partial charge in [-0.2, -0.15) is 0 Å². The predicted octanol–water partition coefficient (Wildman–Crippen LogP) is 0.693. The second-order valence-corrected chi connectivity index (χ2v) is 4.56. The van der Waals surface area contributed by atoms with Crippen LogP contribution in [0.2, 0.25) is 0 Å². The third-order valence-electron chi connectivity index (χ3n) is 2.70. The van der Waals surface area contributed by atoms with Gasteiger partial charge in [0.15, 0.2) is 0 Å².